The second-order valence-corrected chi connectivity index (χ2v) is 9.47. The van der Waals surface area contributed by atoms with Crippen molar-refractivity contribution >= 4 is 31.6 Å². The van der Waals surface area contributed by atoms with E-state index >= 15 is 0 Å². The molecule has 2 aromatic carbocycles. The van der Waals surface area contributed by atoms with Gasteiger partial charge >= 0.3 is 0 Å². The standard InChI is InChI=1S/C16H19N3O5S2/c1-11-4-7-13(10-15(11)25(17,21)22)18-16(20)12-5-8-14(9-6-12)26(23,24)19(2)3/h4-10H,1-3H3,(H,18,20)(H2,17,21,22). The highest BCUT2D eigenvalue weighted by atomic mass is 32.2. The van der Waals surface area contributed by atoms with Crippen LogP contribution < -0.4 is 10.5 Å². The number of nitrogens with two attached hydrogens (primary N) is 1. The lowest BCUT2D eigenvalue weighted by molar-refractivity contribution is 0.102. The van der Waals surface area contributed by atoms with Gasteiger partial charge in [-0.05, 0) is 48.9 Å². The van der Waals surface area contributed by atoms with Gasteiger partial charge in [-0.25, -0.2) is 26.3 Å². The van der Waals surface area contributed by atoms with E-state index in [2.05, 4.69) is 5.32 Å². The van der Waals surface area contributed by atoms with Gasteiger partial charge in [-0.3, -0.25) is 4.79 Å². The van der Waals surface area contributed by atoms with Crippen molar-refractivity contribution in [2.45, 2.75) is 16.7 Å². The number of benzene rings is 2. The third-order valence-electron chi connectivity index (χ3n) is 3.65. The number of nitrogens with one attached hydrogen (secondary N) is 1. The predicted octanol–water partition coefficient (Wildman–Crippen LogP) is 1.15. The quantitative estimate of drug-likeness (QED) is 0.782. The number of hydrogen-bond acceptors (Lipinski definition) is 5. The molecular formula is C16H19N3O5S2. The molecule has 0 fully saturated rings. The number of rotatable bonds is 5. The van der Waals surface area contributed by atoms with Crippen LogP contribution in [-0.2, 0) is 20.0 Å². The smallest absolute Gasteiger partial charge is 0.255 e. The molecule has 0 bridgehead atoms. The maximum absolute atomic E-state index is 12.3. The SMILES string of the molecule is Cc1ccc(NC(=O)c2ccc(S(=O)(=O)N(C)C)cc2)cc1S(N)(=O)=O. The van der Waals surface area contributed by atoms with Crippen molar-refractivity contribution in [3.05, 3.63) is 53.6 Å². The zero-order valence-electron chi connectivity index (χ0n) is 14.4. The second-order valence-electron chi connectivity index (χ2n) is 5.79. The maximum atomic E-state index is 12.3. The summed E-state index contributed by atoms with van der Waals surface area (Å²) in [6.45, 7) is 1.59. The number of amides is 1. The Hall–Kier alpha value is -2.27. The van der Waals surface area contributed by atoms with Crippen LogP contribution >= 0.6 is 0 Å². The molecule has 0 spiro atoms. The lowest BCUT2D eigenvalue weighted by Gasteiger charge is -2.12. The molecule has 26 heavy (non-hydrogen) atoms. The first kappa shape index (κ1) is 20.0. The van der Waals surface area contributed by atoms with Crippen LogP contribution in [0, 0.1) is 6.92 Å². The van der Waals surface area contributed by atoms with Crippen LogP contribution in [0.4, 0.5) is 5.69 Å². The summed E-state index contributed by atoms with van der Waals surface area (Å²) in [6.07, 6.45) is 0. The van der Waals surface area contributed by atoms with Gasteiger partial charge in [-0.1, -0.05) is 6.07 Å². The molecule has 0 saturated carbocycles. The normalized spacial score (nSPS) is 12.2. The lowest BCUT2D eigenvalue weighted by atomic mass is 10.2. The van der Waals surface area contributed by atoms with Crippen LogP contribution in [0.2, 0.25) is 0 Å². The van der Waals surface area contributed by atoms with E-state index in [1.165, 1.54) is 50.5 Å². The molecule has 0 radical (unpaired) electrons. The molecule has 2 rings (SSSR count). The second kappa shape index (κ2) is 7.16. The average Bonchev–Trinajstić information content (AvgIpc) is 2.55. The average molecular weight is 397 g/mol. The molecule has 0 aromatic heterocycles. The highest BCUT2D eigenvalue weighted by molar-refractivity contribution is 7.89. The summed E-state index contributed by atoms with van der Waals surface area (Å²) in [5.74, 6) is -0.511. The number of primary sulfonamides is 1. The van der Waals surface area contributed by atoms with Crippen LogP contribution in [0.1, 0.15) is 15.9 Å². The van der Waals surface area contributed by atoms with Gasteiger partial charge in [-0.15, -0.1) is 0 Å². The van der Waals surface area contributed by atoms with E-state index in [4.69, 9.17) is 5.14 Å². The Bertz CT molecular complexity index is 1040. The van der Waals surface area contributed by atoms with Crippen LogP contribution in [0.5, 0.6) is 0 Å². The van der Waals surface area contributed by atoms with Crippen molar-refractivity contribution in [3.8, 4) is 0 Å². The molecule has 1 amide bonds. The molecule has 8 nitrogen and oxygen atoms in total. The first-order valence-corrected chi connectivity index (χ1v) is 10.4. The minimum atomic E-state index is -3.91. The Balaban J connectivity index is 2.26. The molecule has 0 heterocycles. The van der Waals surface area contributed by atoms with Crippen LogP contribution in [0.15, 0.2) is 52.3 Å². The molecule has 10 heteroatoms. The highest BCUT2D eigenvalue weighted by Gasteiger charge is 2.18. The van der Waals surface area contributed by atoms with Gasteiger partial charge in [0.15, 0.2) is 0 Å². The zero-order valence-corrected chi connectivity index (χ0v) is 16.1. The predicted molar refractivity (Wildman–Crippen MR) is 97.8 cm³/mol. The van der Waals surface area contributed by atoms with Crippen molar-refractivity contribution in [2.75, 3.05) is 19.4 Å². The van der Waals surface area contributed by atoms with Crippen molar-refractivity contribution < 1.29 is 21.6 Å². The molecular weight excluding hydrogens is 378 g/mol. The number of nitrogens with zero attached hydrogens (tertiary/aromatic N) is 1. The van der Waals surface area contributed by atoms with Gasteiger partial charge in [0.1, 0.15) is 0 Å². The van der Waals surface area contributed by atoms with E-state index in [9.17, 15) is 21.6 Å². The van der Waals surface area contributed by atoms with Crippen LogP contribution in [-0.4, -0.2) is 41.1 Å². The van der Waals surface area contributed by atoms with Gasteiger partial charge in [0.2, 0.25) is 20.0 Å². The molecule has 3 N–H and O–H groups in total. The van der Waals surface area contributed by atoms with Crippen LogP contribution in [0.25, 0.3) is 0 Å². The van der Waals surface area contributed by atoms with Gasteiger partial charge in [-0.2, -0.15) is 0 Å². The first-order chi connectivity index (χ1) is 11.9. The summed E-state index contributed by atoms with van der Waals surface area (Å²) in [7, 11) is -4.67. The molecule has 0 aliphatic heterocycles. The third kappa shape index (κ3) is 4.28. The fraction of sp³-hybridized carbons (Fsp3) is 0.188. The summed E-state index contributed by atoms with van der Waals surface area (Å²) >= 11 is 0. The Morgan fingerprint density at radius 1 is 1.00 bits per heavy atom. The number of sulfonamides is 2. The Kier molecular flexibility index (Phi) is 5.52. The van der Waals surface area contributed by atoms with Crippen molar-refractivity contribution in [3.63, 3.8) is 0 Å². The Morgan fingerprint density at radius 3 is 2.08 bits per heavy atom. The number of carbonyl (C=O) groups is 1. The summed E-state index contributed by atoms with van der Waals surface area (Å²) in [6, 6.07) is 9.76. The fourth-order valence-electron chi connectivity index (χ4n) is 2.18. The summed E-state index contributed by atoms with van der Waals surface area (Å²) < 4.78 is 48.2. The molecule has 0 aliphatic carbocycles. The monoisotopic (exact) mass is 397 g/mol. The van der Waals surface area contributed by atoms with E-state index in [1.54, 1.807) is 13.0 Å². The topological polar surface area (TPSA) is 127 Å². The number of hydrogen-bond donors (Lipinski definition) is 2. The zero-order chi connectivity index (χ0) is 19.7. The highest BCUT2D eigenvalue weighted by Crippen LogP contribution is 2.20. The van der Waals surface area contributed by atoms with E-state index in [-0.39, 0.29) is 21.0 Å². The first-order valence-electron chi connectivity index (χ1n) is 7.40. The van der Waals surface area contributed by atoms with E-state index < -0.39 is 26.0 Å². The van der Waals surface area contributed by atoms with Gasteiger partial charge < -0.3 is 5.32 Å². The minimum Gasteiger partial charge on any atom is -0.322 e. The molecule has 0 unspecified atom stereocenters. The molecule has 0 atom stereocenters. The van der Waals surface area contributed by atoms with Crippen molar-refractivity contribution in [2.24, 2.45) is 5.14 Å². The van der Waals surface area contributed by atoms with Gasteiger partial charge in [0.25, 0.3) is 5.91 Å². The van der Waals surface area contributed by atoms with Gasteiger partial charge in [0.05, 0.1) is 9.79 Å². The lowest BCUT2D eigenvalue weighted by Crippen LogP contribution is -2.22. The van der Waals surface area contributed by atoms with Crippen molar-refractivity contribution in [1.82, 2.24) is 4.31 Å². The van der Waals surface area contributed by atoms with E-state index in [0.29, 0.717) is 5.56 Å². The summed E-state index contributed by atoms with van der Waals surface area (Å²) in [5.41, 5.74) is 0.943. The van der Waals surface area contributed by atoms with E-state index in [1.807, 2.05) is 0 Å². The Labute approximate surface area is 152 Å². The number of anilines is 1. The van der Waals surface area contributed by atoms with Crippen LogP contribution in [0.3, 0.4) is 0 Å². The minimum absolute atomic E-state index is 0.0610. The summed E-state index contributed by atoms with van der Waals surface area (Å²) in [5, 5.41) is 7.71. The number of aryl methyl sites for hydroxylation is 1. The Morgan fingerprint density at radius 2 is 1.58 bits per heavy atom. The van der Waals surface area contributed by atoms with Gasteiger partial charge in [0, 0.05) is 25.3 Å². The molecule has 0 saturated heterocycles. The number of carbonyl (C=O) groups excluding carboxylic acids is 1. The summed E-state index contributed by atoms with van der Waals surface area (Å²) in [4.78, 5) is 12.3. The maximum Gasteiger partial charge on any atom is 0.255 e. The largest absolute Gasteiger partial charge is 0.322 e. The third-order valence-corrected chi connectivity index (χ3v) is 6.53. The fourth-order valence-corrected chi connectivity index (χ4v) is 3.89. The molecule has 2 aromatic rings. The van der Waals surface area contributed by atoms with Crippen molar-refractivity contribution in [1.29, 1.82) is 0 Å². The molecule has 140 valence electrons. The van der Waals surface area contributed by atoms with E-state index in [0.717, 1.165) is 4.31 Å². The molecule has 0 aliphatic rings.